The smallest absolute Gasteiger partial charge is 0.320 e. The number of cyclic esters (lactones) is 2. The second-order valence-electron chi connectivity index (χ2n) is 7.63. The van der Waals surface area contributed by atoms with Crippen molar-refractivity contribution in [2.45, 2.75) is 63.2 Å². The summed E-state index contributed by atoms with van der Waals surface area (Å²) in [5.41, 5.74) is -1.11. The Morgan fingerprint density at radius 3 is 2.57 bits per heavy atom. The molecule has 2 radical (unpaired) electrons. The van der Waals surface area contributed by atoms with E-state index in [4.69, 9.17) is 13.9 Å². The molecule has 4 atom stereocenters. The van der Waals surface area contributed by atoms with Crippen molar-refractivity contribution < 1.29 is 23.5 Å². The Labute approximate surface area is 127 Å². The zero-order valence-corrected chi connectivity index (χ0v) is 14.0. The Balaban J connectivity index is 1.70. The van der Waals surface area contributed by atoms with E-state index in [9.17, 15) is 9.59 Å². The number of rotatable bonds is 4. The SMILES string of the molecule is CC(C)(C)[Si]OCCC12CCC(C)(O1)[C@H]1C(=O)OC(=O)[C@H]12. The minimum atomic E-state index is -0.564. The topological polar surface area (TPSA) is 61.8 Å². The van der Waals surface area contributed by atoms with Crippen molar-refractivity contribution in [2.75, 3.05) is 6.61 Å². The van der Waals surface area contributed by atoms with Crippen LogP contribution in [-0.4, -0.2) is 39.5 Å². The summed E-state index contributed by atoms with van der Waals surface area (Å²) in [5, 5.41) is 0.142. The van der Waals surface area contributed by atoms with Gasteiger partial charge in [-0.05, 0) is 31.2 Å². The van der Waals surface area contributed by atoms with Gasteiger partial charge in [0.15, 0.2) is 0 Å². The van der Waals surface area contributed by atoms with Crippen LogP contribution >= 0.6 is 0 Å². The van der Waals surface area contributed by atoms with Crippen LogP contribution in [0.25, 0.3) is 0 Å². The number of hydrogen-bond acceptors (Lipinski definition) is 5. The summed E-state index contributed by atoms with van der Waals surface area (Å²) in [4.78, 5) is 23.9. The predicted octanol–water partition coefficient (Wildman–Crippen LogP) is 1.87. The third-order valence-corrected chi connectivity index (χ3v) is 5.71. The van der Waals surface area contributed by atoms with Crippen molar-refractivity contribution in [1.82, 2.24) is 0 Å². The van der Waals surface area contributed by atoms with E-state index in [1.165, 1.54) is 0 Å². The Morgan fingerprint density at radius 1 is 1.24 bits per heavy atom. The van der Waals surface area contributed by atoms with E-state index in [-0.39, 0.29) is 5.04 Å². The molecule has 3 rings (SSSR count). The quantitative estimate of drug-likeness (QED) is 0.343. The van der Waals surface area contributed by atoms with Gasteiger partial charge in [-0.15, -0.1) is 0 Å². The van der Waals surface area contributed by atoms with Crippen molar-refractivity contribution in [3.63, 3.8) is 0 Å². The zero-order valence-electron chi connectivity index (χ0n) is 13.0. The molecule has 0 aromatic carbocycles. The second-order valence-corrected chi connectivity index (χ2v) is 9.62. The molecule has 0 saturated carbocycles. The molecule has 3 fully saturated rings. The summed E-state index contributed by atoms with van der Waals surface area (Å²) in [6, 6.07) is 0. The van der Waals surface area contributed by atoms with E-state index in [0.717, 1.165) is 12.8 Å². The van der Waals surface area contributed by atoms with Crippen molar-refractivity contribution in [2.24, 2.45) is 11.8 Å². The highest BCUT2D eigenvalue weighted by Crippen LogP contribution is 2.61. The average Bonchev–Trinajstić information content (AvgIpc) is 2.92. The molecule has 2 unspecified atom stereocenters. The van der Waals surface area contributed by atoms with Crippen molar-refractivity contribution in [1.29, 1.82) is 0 Å². The summed E-state index contributed by atoms with van der Waals surface area (Å²) < 4.78 is 16.8. The molecule has 2 bridgehead atoms. The van der Waals surface area contributed by atoms with Crippen LogP contribution in [0.1, 0.15) is 47.0 Å². The third kappa shape index (κ3) is 2.37. The van der Waals surface area contributed by atoms with Crippen LogP contribution < -0.4 is 0 Å². The number of carbonyl (C=O) groups is 2. The molecule has 3 heterocycles. The van der Waals surface area contributed by atoms with Crippen LogP contribution in [0.5, 0.6) is 0 Å². The molecular weight excluding hydrogens is 288 g/mol. The molecule has 0 aromatic rings. The van der Waals surface area contributed by atoms with E-state index in [0.29, 0.717) is 22.8 Å². The lowest BCUT2D eigenvalue weighted by molar-refractivity contribution is -0.162. The van der Waals surface area contributed by atoms with Gasteiger partial charge in [0.25, 0.3) is 0 Å². The highest BCUT2D eigenvalue weighted by Gasteiger charge is 2.73. The number of fused-ring (bicyclic) bond motifs is 5. The van der Waals surface area contributed by atoms with E-state index < -0.39 is 35.0 Å². The molecule has 0 aromatic heterocycles. The number of hydrogen-bond donors (Lipinski definition) is 0. The molecular formula is C15H22O5Si. The van der Waals surface area contributed by atoms with Gasteiger partial charge < -0.3 is 13.9 Å². The maximum atomic E-state index is 12.0. The molecule has 3 aliphatic rings. The van der Waals surface area contributed by atoms with Crippen LogP contribution in [0.2, 0.25) is 5.04 Å². The van der Waals surface area contributed by atoms with Crippen LogP contribution in [0.15, 0.2) is 0 Å². The van der Waals surface area contributed by atoms with Crippen LogP contribution in [0, 0.1) is 11.8 Å². The lowest BCUT2D eigenvalue weighted by atomic mass is 9.67. The summed E-state index contributed by atoms with van der Waals surface area (Å²) in [7, 11) is 0.410. The highest BCUT2D eigenvalue weighted by atomic mass is 28.2. The van der Waals surface area contributed by atoms with Crippen molar-refractivity contribution >= 4 is 21.7 Å². The third-order valence-electron chi connectivity index (χ3n) is 4.75. The first-order valence-electron chi connectivity index (χ1n) is 7.52. The fourth-order valence-corrected chi connectivity index (χ4v) is 4.54. The molecule has 21 heavy (non-hydrogen) atoms. The molecule has 0 amide bonds. The normalized spacial score (nSPS) is 41.5. The number of ether oxygens (including phenoxy) is 2. The summed E-state index contributed by atoms with van der Waals surface area (Å²) in [6.07, 6.45) is 2.25. The van der Waals surface area contributed by atoms with E-state index in [2.05, 4.69) is 20.8 Å². The van der Waals surface area contributed by atoms with Gasteiger partial charge >= 0.3 is 11.9 Å². The van der Waals surface area contributed by atoms with Gasteiger partial charge in [0.05, 0.1) is 11.2 Å². The maximum absolute atomic E-state index is 12.0. The largest absolute Gasteiger partial charge is 0.417 e. The molecule has 0 aliphatic carbocycles. The van der Waals surface area contributed by atoms with Gasteiger partial charge in [0, 0.05) is 6.61 Å². The monoisotopic (exact) mass is 310 g/mol. The predicted molar refractivity (Wildman–Crippen MR) is 75.6 cm³/mol. The first-order chi connectivity index (χ1) is 9.67. The first kappa shape index (κ1) is 15.2. The van der Waals surface area contributed by atoms with Gasteiger partial charge in [-0.1, -0.05) is 20.8 Å². The molecule has 0 N–H and O–H groups in total. The molecule has 116 valence electrons. The van der Waals surface area contributed by atoms with Crippen LogP contribution in [0.4, 0.5) is 0 Å². The Kier molecular flexibility index (Phi) is 3.35. The Bertz CT molecular complexity index is 485. The molecule has 6 heteroatoms. The number of carbonyl (C=O) groups excluding carboxylic acids is 2. The van der Waals surface area contributed by atoms with E-state index >= 15 is 0 Å². The molecule has 3 saturated heterocycles. The Hall–Kier alpha value is -0.723. The first-order valence-corrected chi connectivity index (χ1v) is 8.42. The Morgan fingerprint density at radius 2 is 1.90 bits per heavy atom. The van der Waals surface area contributed by atoms with Gasteiger partial charge in [-0.2, -0.15) is 0 Å². The fourth-order valence-electron chi connectivity index (χ4n) is 3.91. The highest BCUT2D eigenvalue weighted by molar-refractivity contribution is 6.31. The summed E-state index contributed by atoms with van der Waals surface area (Å²) >= 11 is 0. The second kappa shape index (κ2) is 4.63. The van der Waals surface area contributed by atoms with Crippen molar-refractivity contribution in [3.8, 4) is 0 Å². The fraction of sp³-hybridized carbons (Fsp3) is 0.867. The minimum absolute atomic E-state index is 0.142. The molecule has 3 aliphatic heterocycles. The lowest BCUT2D eigenvalue weighted by Crippen LogP contribution is -2.42. The van der Waals surface area contributed by atoms with Gasteiger partial charge in [-0.3, -0.25) is 9.59 Å². The van der Waals surface area contributed by atoms with Gasteiger partial charge in [0.1, 0.15) is 11.8 Å². The molecule has 5 nitrogen and oxygen atoms in total. The molecule has 0 spiro atoms. The summed E-state index contributed by atoms with van der Waals surface area (Å²) in [6.45, 7) is 8.87. The zero-order chi connectivity index (χ0) is 15.5. The maximum Gasteiger partial charge on any atom is 0.320 e. The van der Waals surface area contributed by atoms with E-state index in [1.54, 1.807) is 0 Å². The summed E-state index contributed by atoms with van der Waals surface area (Å²) in [5.74, 6) is -1.69. The van der Waals surface area contributed by atoms with Crippen LogP contribution in [-0.2, 0) is 23.5 Å². The lowest BCUT2D eigenvalue weighted by Gasteiger charge is -2.30. The van der Waals surface area contributed by atoms with Crippen LogP contribution in [0.3, 0.4) is 0 Å². The van der Waals surface area contributed by atoms with Gasteiger partial charge in [0.2, 0.25) is 9.76 Å². The minimum Gasteiger partial charge on any atom is -0.417 e. The van der Waals surface area contributed by atoms with Crippen molar-refractivity contribution in [3.05, 3.63) is 0 Å². The average molecular weight is 310 g/mol. The number of esters is 2. The standard InChI is InChI=1S/C15H22O5Si/c1-13(2,3)21-18-8-7-15-6-5-14(4,20-15)9-10(15)12(17)19-11(9)16/h9-10H,5-8H2,1-4H3/t9-,10+,14?,15?/m1/s1. The van der Waals surface area contributed by atoms with Gasteiger partial charge in [-0.25, -0.2) is 0 Å². The van der Waals surface area contributed by atoms with E-state index in [1.807, 2.05) is 6.92 Å².